The molecule has 0 saturated heterocycles. The van der Waals surface area contributed by atoms with Crippen molar-refractivity contribution in [1.29, 1.82) is 0 Å². The molecule has 14 heavy (non-hydrogen) atoms. The predicted molar refractivity (Wildman–Crippen MR) is 62.6 cm³/mol. The van der Waals surface area contributed by atoms with Gasteiger partial charge in [0.15, 0.2) is 0 Å². The number of rotatable bonds is 5. The van der Waals surface area contributed by atoms with Gasteiger partial charge in [0.2, 0.25) is 5.91 Å². The zero-order valence-electron chi connectivity index (χ0n) is 8.89. The summed E-state index contributed by atoms with van der Waals surface area (Å²) in [6.07, 6.45) is 6.93. The zero-order valence-corrected chi connectivity index (χ0v) is 10.5. The van der Waals surface area contributed by atoms with Crippen molar-refractivity contribution in [2.75, 3.05) is 6.54 Å². The van der Waals surface area contributed by atoms with Crippen LogP contribution in [0.4, 0.5) is 0 Å². The Morgan fingerprint density at radius 3 is 2.71 bits per heavy atom. The maximum Gasteiger partial charge on any atom is 0.223 e. The van der Waals surface area contributed by atoms with E-state index >= 15 is 0 Å². The summed E-state index contributed by atoms with van der Waals surface area (Å²) >= 11 is 3.56. The van der Waals surface area contributed by atoms with Crippen LogP contribution in [0, 0.1) is 5.92 Å². The second kappa shape index (κ2) is 6.44. The molecule has 0 spiro atoms. The van der Waals surface area contributed by atoms with E-state index in [1.807, 2.05) is 0 Å². The third-order valence-corrected chi connectivity index (χ3v) is 3.61. The summed E-state index contributed by atoms with van der Waals surface area (Å²) in [6, 6.07) is 0. The minimum Gasteiger partial charge on any atom is -0.355 e. The van der Waals surface area contributed by atoms with Crippen molar-refractivity contribution >= 4 is 21.8 Å². The molecule has 0 aromatic heterocycles. The molecule has 1 saturated carbocycles. The first-order valence-electron chi connectivity index (χ1n) is 5.65. The quantitative estimate of drug-likeness (QED) is 0.758. The van der Waals surface area contributed by atoms with Crippen LogP contribution < -0.4 is 5.32 Å². The highest BCUT2D eigenvalue weighted by Gasteiger charge is 2.22. The van der Waals surface area contributed by atoms with Crippen molar-refractivity contribution in [3.05, 3.63) is 0 Å². The van der Waals surface area contributed by atoms with Gasteiger partial charge in [-0.3, -0.25) is 4.79 Å². The van der Waals surface area contributed by atoms with Crippen molar-refractivity contribution in [3.63, 3.8) is 0 Å². The second-order valence-corrected chi connectivity index (χ2v) is 5.41. The lowest BCUT2D eigenvalue weighted by molar-refractivity contribution is -0.124. The number of amides is 1. The standard InChI is InChI=1S/C11H20BrNO/c1-2-5-10(12)8-13-11(14)9-6-3-4-7-9/h9-10H,2-8H2,1H3,(H,13,14). The van der Waals surface area contributed by atoms with Crippen LogP contribution >= 0.6 is 15.9 Å². The summed E-state index contributed by atoms with van der Waals surface area (Å²) in [5, 5.41) is 3.02. The van der Waals surface area contributed by atoms with Crippen LogP contribution in [0.3, 0.4) is 0 Å². The van der Waals surface area contributed by atoms with Crippen LogP contribution in [0.25, 0.3) is 0 Å². The fraction of sp³-hybridized carbons (Fsp3) is 0.909. The maximum absolute atomic E-state index is 11.6. The van der Waals surface area contributed by atoms with Gasteiger partial charge in [-0.05, 0) is 19.3 Å². The van der Waals surface area contributed by atoms with E-state index in [0.717, 1.165) is 32.2 Å². The first-order valence-corrected chi connectivity index (χ1v) is 6.57. The van der Waals surface area contributed by atoms with Crippen LogP contribution in [-0.2, 0) is 4.79 Å². The second-order valence-electron chi connectivity index (χ2n) is 4.11. The molecule has 1 rings (SSSR count). The molecule has 0 heterocycles. The summed E-state index contributed by atoms with van der Waals surface area (Å²) < 4.78 is 0. The van der Waals surface area contributed by atoms with Gasteiger partial charge in [-0.25, -0.2) is 0 Å². The normalized spacial score (nSPS) is 19.6. The summed E-state index contributed by atoms with van der Waals surface area (Å²) in [6.45, 7) is 2.94. The highest BCUT2D eigenvalue weighted by atomic mass is 79.9. The molecule has 0 aromatic rings. The number of alkyl halides is 1. The van der Waals surface area contributed by atoms with Crippen molar-refractivity contribution in [1.82, 2.24) is 5.32 Å². The Kier molecular flexibility index (Phi) is 5.53. The van der Waals surface area contributed by atoms with Gasteiger partial charge < -0.3 is 5.32 Å². The molecule has 0 aliphatic heterocycles. The molecule has 3 heteroatoms. The minimum absolute atomic E-state index is 0.267. The van der Waals surface area contributed by atoms with Crippen molar-refractivity contribution in [2.24, 2.45) is 5.92 Å². The highest BCUT2D eigenvalue weighted by molar-refractivity contribution is 9.09. The number of carbonyl (C=O) groups is 1. The Hall–Kier alpha value is -0.0500. The van der Waals surface area contributed by atoms with E-state index in [1.165, 1.54) is 12.8 Å². The van der Waals surface area contributed by atoms with Crippen molar-refractivity contribution in [3.8, 4) is 0 Å². The zero-order chi connectivity index (χ0) is 10.4. The Morgan fingerprint density at radius 1 is 1.50 bits per heavy atom. The van der Waals surface area contributed by atoms with E-state index in [-0.39, 0.29) is 5.91 Å². The number of hydrogen-bond donors (Lipinski definition) is 1. The van der Waals surface area contributed by atoms with Crippen LogP contribution in [0.15, 0.2) is 0 Å². The van der Waals surface area contributed by atoms with Crippen molar-refractivity contribution < 1.29 is 4.79 Å². The molecule has 1 N–H and O–H groups in total. The molecule has 0 aromatic carbocycles. The molecule has 1 fully saturated rings. The van der Waals surface area contributed by atoms with E-state index < -0.39 is 0 Å². The molecule has 1 unspecified atom stereocenters. The van der Waals surface area contributed by atoms with E-state index in [4.69, 9.17) is 0 Å². The molecular weight excluding hydrogens is 242 g/mol. The van der Waals surface area contributed by atoms with Gasteiger partial charge in [0, 0.05) is 17.3 Å². The summed E-state index contributed by atoms with van der Waals surface area (Å²) in [7, 11) is 0. The highest BCUT2D eigenvalue weighted by Crippen LogP contribution is 2.24. The van der Waals surface area contributed by atoms with Gasteiger partial charge in [-0.1, -0.05) is 42.1 Å². The lowest BCUT2D eigenvalue weighted by atomic mass is 10.1. The van der Waals surface area contributed by atoms with Gasteiger partial charge in [-0.2, -0.15) is 0 Å². The Bertz CT molecular complexity index is 178. The van der Waals surface area contributed by atoms with E-state index in [2.05, 4.69) is 28.2 Å². The lowest BCUT2D eigenvalue weighted by Gasteiger charge is -2.13. The third-order valence-electron chi connectivity index (χ3n) is 2.83. The number of halogens is 1. The first-order chi connectivity index (χ1) is 6.74. The summed E-state index contributed by atoms with van der Waals surface area (Å²) in [5.41, 5.74) is 0. The van der Waals surface area contributed by atoms with E-state index in [9.17, 15) is 4.79 Å². The predicted octanol–water partition coefficient (Wildman–Crippen LogP) is 2.86. The summed E-state index contributed by atoms with van der Waals surface area (Å²) in [4.78, 5) is 12.1. The Labute approximate surface area is 95.0 Å². The molecule has 0 bridgehead atoms. The van der Waals surface area contributed by atoms with Gasteiger partial charge in [0.25, 0.3) is 0 Å². The fourth-order valence-corrected chi connectivity index (χ4v) is 2.58. The van der Waals surface area contributed by atoms with Gasteiger partial charge >= 0.3 is 0 Å². The fourth-order valence-electron chi connectivity index (χ4n) is 1.96. The number of carbonyl (C=O) groups excluding carboxylic acids is 1. The van der Waals surface area contributed by atoms with Crippen LogP contribution in [0.5, 0.6) is 0 Å². The molecular formula is C11H20BrNO. The molecule has 1 amide bonds. The van der Waals surface area contributed by atoms with E-state index in [1.54, 1.807) is 0 Å². The first kappa shape index (κ1) is 12.0. The van der Waals surface area contributed by atoms with Gasteiger partial charge in [0.05, 0.1) is 0 Å². The molecule has 82 valence electrons. The molecule has 1 aliphatic rings. The Morgan fingerprint density at radius 2 is 2.14 bits per heavy atom. The maximum atomic E-state index is 11.6. The molecule has 0 radical (unpaired) electrons. The van der Waals surface area contributed by atoms with Gasteiger partial charge in [0.1, 0.15) is 0 Å². The molecule has 1 aliphatic carbocycles. The minimum atomic E-state index is 0.267. The third kappa shape index (κ3) is 3.99. The number of nitrogens with one attached hydrogen (secondary N) is 1. The average Bonchev–Trinajstić information content (AvgIpc) is 2.67. The average molecular weight is 262 g/mol. The summed E-state index contributed by atoms with van der Waals surface area (Å²) in [5.74, 6) is 0.569. The largest absolute Gasteiger partial charge is 0.355 e. The molecule has 1 atom stereocenters. The van der Waals surface area contributed by atoms with Crippen molar-refractivity contribution in [2.45, 2.75) is 50.3 Å². The van der Waals surface area contributed by atoms with Crippen LogP contribution in [-0.4, -0.2) is 17.3 Å². The van der Waals surface area contributed by atoms with Gasteiger partial charge in [-0.15, -0.1) is 0 Å². The monoisotopic (exact) mass is 261 g/mol. The SMILES string of the molecule is CCCC(Br)CNC(=O)C1CCCC1. The molecule has 2 nitrogen and oxygen atoms in total. The topological polar surface area (TPSA) is 29.1 Å². The van der Waals surface area contributed by atoms with E-state index in [0.29, 0.717) is 10.7 Å². The number of hydrogen-bond acceptors (Lipinski definition) is 1. The van der Waals surface area contributed by atoms with Crippen LogP contribution in [0.1, 0.15) is 45.4 Å². The lowest BCUT2D eigenvalue weighted by Crippen LogP contribution is -2.33. The van der Waals surface area contributed by atoms with Crippen LogP contribution in [0.2, 0.25) is 0 Å². The Balaban J connectivity index is 2.13. The smallest absolute Gasteiger partial charge is 0.223 e.